The SMILES string of the molecule is CC(C)C(OC(=O)N1CCC1)C1CCC2C(CC3C4CCC5C(C)(C)C(OC(=O)NCCN6CCN(C(C)C)CC6)CCC56CC46CCC23C)O1.[HH]. The number of nitrogens with one attached hydrogen (secondary N) is 1. The van der Waals surface area contributed by atoms with Crippen LogP contribution in [0.15, 0.2) is 0 Å². The normalized spacial score (nSPS) is 43.5. The Kier molecular flexibility index (Phi) is 9.50. The fraction of sp³-hybridized carbons (Fsp3) is 0.952. The second kappa shape index (κ2) is 13.3. The number of carbonyl (C=O) groups is 2. The van der Waals surface area contributed by atoms with Crippen molar-refractivity contribution in [3.8, 4) is 0 Å². The van der Waals surface area contributed by atoms with Crippen LogP contribution in [0.25, 0.3) is 0 Å². The van der Waals surface area contributed by atoms with Crippen LogP contribution in [-0.2, 0) is 14.2 Å². The summed E-state index contributed by atoms with van der Waals surface area (Å²) in [7, 11) is 0. The zero-order chi connectivity index (χ0) is 35.9. The predicted octanol–water partition coefficient (Wildman–Crippen LogP) is 7.43. The van der Waals surface area contributed by atoms with Crippen molar-refractivity contribution >= 4 is 12.2 Å². The van der Waals surface area contributed by atoms with Crippen LogP contribution >= 0.6 is 0 Å². The predicted molar refractivity (Wildman–Crippen MR) is 200 cm³/mol. The number of alkyl carbamates (subject to hydrolysis) is 1. The number of hydrogen-bond acceptors (Lipinski definition) is 7. The van der Waals surface area contributed by atoms with Gasteiger partial charge in [-0.3, -0.25) is 9.80 Å². The third-order valence-electron chi connectivity index (χ3n) is 17.0. The van der Waals surface area contributed by atoms with Gasteiger partial charge in [-0.15, -0.1) is 0 Å². The second-order valence-corrected chi connectivity index (χ2v) is 20.1. The third kappa shape index (κ3) is 5.95. The number of carbonyl (C=O) groups excluding carboxylic acids is 2. The number of amides is 2. The van der Waals surface area contributed by atoms with Gasteiger partial charge in [0.2, 0.25) is 0 Å². The molecule has 2 amide bonds. The molecule has 1 N–H and O–H groups in total. The molecule has 0 aromatic carbocycles. The zero-order valence-electron chi connectivity index (χ0n) is 33.1. The molecule has 11 atom stereocenters. The average Bonchev–Trinajstić information content (AvgIpc) is 3.64. The van der Waals surface area contributed by atoms with Crippen molar-refractivity contribution in [1.82, 2.24) is 20.0 Å². The molecule has 3 saturated heterocycles. The van der Waals surface area contributed by atoms with Gasteiger partial charge in [-0.25, -0.2) is 9.59 Å². The highest BCUT2D eigenvalue weighted by atomic mass is 16.6. The quantitative estimate of drug-likeness (QED) is 0.281. The van der Waals surface area contributed by atoms with Crippen LogP contribution in [0.3, 0.4) is 0 Å². The molecule has 0 radical (unpaired) electrons. The third-order valence-corrected chi connectivity index (χ3v) is 17.0. The summed E-state index contributed by atoms with van der Waals surface area (Å²) >= 11 is 0. The lowest BCUT2D eigenvalue weighted by molar-refractivity contribution is -0.151. The van der Waals surface area contributed by atoms with Crippen LogP contribution in [-0.4, -0.2) is 110 Å². The lowest BCUT2D eigenvalue weighted by atomic mass is 9.46. The van der Waals surface area contributed by atoms with Crippen molar-refractivity contribution in [2.75, 3.05) is 52.4 Å². The first-order valence-electron chi connectivity index (χ1n) is 21.3. The molecule has 51 heavy (non-hydrogen) atoms. The Morgan fingerprint density at radius 2 is 1.61 bits per heavy atom. The Hall–Kier alpha value is -1.58. The number of piperazine rings is 1. The molecule has 9 nitrogen and oxygen atoms in total. The number of ether oxygens (including phenoxy) is 3. The van der Waals surface area contributed by atoms with Gasteiger partial charge in [-0.05, 0) is 130 Å². The summed E-state index contributed by atoms with van der Waals surface area (Å²) < 4.78 is 19.5. The maximum Gasteiger partial charge on any atom is 0.410 e. The number of rotatable bonds is 8. The Balaban J connectivity index is 0.00000420. The van der Waals surface area contributed by atoms with Gasteiger partial charge >= 0.3 is 12.2 Å². The molecule has 290 valence electrons. The Labute approximate surface area is 310 Å². The second-order valence-electron chi connectivity index (χ2n) is 20.1. The van der Waals surface area contributed by atoms with Crippen molar-refractivity contribution < 1.29 is 25.2 Å². The standard InChI is InChI=1S/C42H70N4O5.H2/c1-27(2)36(51-38(48)46-18-8-19-46)32-11-9-30-33(49-32)25-31-29-10-12-34-39(5,6)35(13-14-42(34)26-41(29,42)16-15-40(30,31)7)50-37(47)43-17-20-44-21-23-45(24-22-44)28(3)4;/h27-36H,8-26H2,1-7H3,(H,43,47);1H. The highest BCUT2D eigenvalue weighted by Crippen LogP contribution is 2.87. The van der Waals surface area contributed by atoms with Crippen LogP contribution in [0.2, 0.25) is 0 Å². The molecule has 5 saturated carbocycles. The minimum atomic E-state index is -0.223. The molecule has 3 aliphatic heterocycles. The van der Waals surface area contributed by atoms with Crippen LogP contribution in [0.1, 0.15) is 121 Å². The van der Waals surface area contributed by atoms with Crippen LogP contribution in [0, 0.1) is 51.2 Å². The first-order chi connectivity index (χ1) is 24.3. The minimum Gasteiger partial charge on any atom is -0.446 e. The van der Waals surface area contributed by atoms with Crippen molar-refractivity contribution in [2.45, 2.75) is 150 Å². The molecule has 3 heterocycles. The van der Waals surface area contributed by atoms with E-state index in [0.29, 0.717) is 40.7 Å². The Morgan fingerprint density at radius 1 is 0.863 bits per heavy atom. The van der Waals surface area contributed by atoms with Gasteiger partial charge in [0, 0.05) is 65.2 Å². The Bertz CT molecular complexity index is 1320. The first-order valence-corrected chi connectivity index (χ1v) is 21.3. The fourth-order valence-electron chi connectivity index (χ4n) is 14.0. The molecule has 0 bridgehead atoms. The molecule has 0 aromatic heterocycles. The molecule has 0 aromatic rings. The van der Waals surface area contributed by atoms with Crippen molar-refractivity contribution in [2.24, 2.45) is 51.2 Å². The highest BCUT2D eigenvalue weighted by molar-refractivity contribution is 5.68. The summed E-state index contributed by atoms with van der Waals surface area (Å²) in [5.41, 5.74) is 1.21. The molecule has 5 aliphatic carbocycles. The van der Waals surface area contributed by atoms with E-state index in [2.05, 4.69) is 63.6 Å². The molecular weight excluding hydrogens is 640 g/mol. The monoisotopic (exact) mass is 713 g/mol. The average molecular weight is 713 g/mol. The molecule has 9 heteroatoms. The van der Waals surface area contributed by atoms with Crippen molar-refractivity contribution in [3.63, 3.8) is 0 Å². The Morgan fingerprint density at radius 3 is 2.29 bits per heavy atom. The van der Waals surface area contributed by atoms with E-state index in [1.54, 1.807) is 0 Å². The fourth-order valence-corrected chi connectivity index (χ4v) is 14.0. The van der Waals surface area contributed by atoms with Gasteiger partial charge in [0.1, 0.15) is 12.2 Å². The summed E-state index contributed by atoms with van der Waals surface area (Å²) in [6.45, 7) is 23.9. The zero-order valence-corrected chi connectivity index (χ0v) is 33.1. The number of hydrogen-bond donors (Lipinski definition) is 1. The summed E-state index contributed by atoms with van der Waals surface area (Å²) in [5.74, 6) is 2.98. The summed E-state index contributed by atoms with van der Waals surface area (Å²) in [6.07, 6.45) is 13.0. The molecule has 8 aliphatic rings. The van der Waals surface area contributed by atoms with E-state index in [9.17, 15) is 9.59 Å². The molecule has 8 rings (SSSR count). The first kappa shape index (κ1) is 36.4. The van der Waals surface area contributed by atoms with Gasteiger partial charge in [0.15, 0.2) is 0 Å². The van der Waals surface area contributed by atoms with Crippen molar-refractivity contribution in [3.05, 3.63) is 0 Å². The van der Waals surface area contributed by atoms with Gasteiger partial charge < -0.3 is 24.4 Å². The number of nitrogens with zero attached hydrogens (tertiary/aromatic N) is 3. The smallest absolute Gasteiger partial charge is 0.410 e. The molecule has 2 spiro atoms. The van der Waals surface area contributed by atoms with Crippen molar-refractivity contribution in [1.29, 1.82) is 0 Å². The van der Waals surface area contributed by atoms with Crippen LogP contribution in [0.4, 0.5) is 9.59 Å². The number of fused-ring (bicyclic) bond motifs is 4. The van der Waals surface area contributed by atoms with E-state index in [0.717, 1.165) is 76.9 Å². The van der Waals surface area contributed by atoms with E-state index >= 15 is 0 Å². The van der Waals surface area contributed by atoms with E-state index < -0.39 is 0 Å². The van der Waals surface area contributed by atoms with Gasteiger partial charge in [-0.1, -0.05) is 34.6 Å². The lowest BCUT2D eigenvalue weighted by Gasteiger charge is -2.59. The van der Waals surface area contributed by atoms with Gasteiger partial charge in [-0.2, -0.15) is 0 Å². The molecule has 11 unspecified atom stereocenters. The largest absolute Gasteiger partial charge is 0.446 e. The minimum absolute atomic E-state index is 0. The summed E-state index contributed by atoms with van der Waals surface area (Å²) in [5, 5.41) is 3.12. The lowest BCUT2D eigenvalue weighted by Crippen LogP contribution is -2.55. The van der Waals surface area contributed by atoms with E-state index in [4.69, 9.17) is 14.2 Å². The van der Waals surface area contributed by atoms with E-state index in [1.807, 2.05) is 4.90 Å². The summed E-state index contributed by atoms with van der Waals surface area (Å²) in [4.78, 5) is 32.8. The van der Waals surface area contributed by atoms with Gasteiger partial charge in [0.05, 0.1) is 12.2 Å². The van der Waals surface area contributed by atoms with Gasteiger partial charge in [0.25, 0.3) is 0 Å². The molecule has 8 fully saturated rings. The van der Waals surface area contributed by atoms with E-state index in [1.165, 1.54) is 51.4 Å². The highest BCUT2D eigenvalue weighted by Gasteiger charge is 2.81. The maximum absolute atomic E-state index is 13.1. The maximum atomic E-state index is 13.1. The topological polar surface area (TPSA) is 83.6 Å². The van der Waals surface area contributed by atoms with Crippen LogP contribution in [0.5, 0.6) is 0 Å². The summed E-state index contributed by atoms with van der Waals surface area (Å²) in [6, 6.07) is 0.602. The molecular formula is C42H72N4O5. The van der Waals surface area contributed by atoms with Crippen LogP contribution < -0.4 is 5.32 Å². The number of likely N-dealkylation sites (tertiary alicyclic amines) is 1. The van der Waals surface area contributed by atoms with E-state index in [-0.39, 0.29) is 49.4 Å².